The van der Waals surface area contributed by atoms with Crippen molar-refractivity contribution in [1.29, 1.82) is 0 Å². The molecule has 0 saturated carbocycles. The second kappa shape index (κ2) is 6.29. The number of rotatable bonds is 4. The molecule has 0 aliphatic carbocycles. The van der Waals surface area contributed by atoms with E-state index in [0.29, 0.717) is 6.04 Å². The fourth-order valence-corrected chi connectivity index (χ4v) is 3.21. The van der Waals surface area contributed by atoms with E-state index < -0.39 is 0 Å². The normalized spacial score (nSPS) is 11.4. The summed E-state index contributed by atoms with van der Waals surface area (Å²) in [5.74, 6) is 1.80. The van der Waals surface area contributed by atoms with Crippen LogP contribution in [0.1, 0.15) is 25.3 Å². The molecular formula is C20H21N5O. The minimum atomic E-state index is 0.295. The summed E-state index contributed by atoms with van der Waals surface area (Å²) >= 11 is 0. The third kappa shape index (κ3) is 2.73. The molecule has 1 aromatic carbocycles. The van der Waals surface area contributed by atoms with E-state index in [2.05, 4.69) is 53.6 Å². The summed E-state index contributed by atoms with van der Waals surface area (Å²) < 4.78 is 7.32. The van der Waals surface area contributed by atoms with Crippen LogP contribution in [0.5, 0.6) is 0 Å². The number of nitrogens with one attached hydrogen (secondary N) is 1. The Kier molecular flexibility index (Phi) is 3.95. The van der Waals surface area contributed by atoms with E-state index in [1.165, 1.54) is 0 Å². The van der Waals surface area contributed by atoms with Gasteiger partial charge in [0.1, 0.15) is 17.3 Å². The molecule has 0 aliphatic heterocycles. The van der Waals surface area contributed by atoms with E-state index in [9.17, 15) is 0 Å². The van der Waals surface area contributed by atoms with Gasteiger partial charge in [0.15, 0.2) is 5.65 Å². The van der Waals surface area contributed by atoms with Crippen molar-refractivity contribution >= 4 is 11.5 Å². The molecule has 0 radical (unpaired) electrons. The maximum atomic E-state index is 5.28. The van der Waals surface area contributed by atoms with Gasteiger partial charge in [-0.25, -0.2) is 4.98 Å². The van der Waals surface area contributed by atoms with Crippen molar-refractivity contribution in [2.45, 2.75) is 33.7 Å². The lowest BCUT2D eigenvalue weighted by Gasteiger charge is -2.12. The van der Waals surface area contributed by atoms with Crippen LogP contribution in [0.2, 0.25) is 0 Å². The molecule has 4 rings (SSSR count). The Hall–Kier alpha value is -3.15. The third-order valence-corrected chi connectivity index (χ3v) is 4.34. The molecule has 132 valence electrons. The summed E-state index contributed by atoms with van der Waals surface area (Å²) in [7, 11) is 0. The molecule has 0 atom stereocenters. The quantitative estimate of drug-likeness (QED) is 0.589. The van der Waals surface area contributed by atoms with Gasteiger partial charge >= 0.3 is 0 Å². The Balaban J connectivity index is 1.80. The summed E-state index contributed by atoms with van der Waals surface area (Å²) in [4.78, 5) is 8.95. The van der Waals surface area contributed by atoms with Crippen LogP contribution in [-0.4, -0.2) is 25.6 Å². The van der Waals surface area contributed by atoms with E-state index in [4.69, 9.17) is 9.51 Å². The van der Waals surface area contributed by atoms with E-state index >= 15 is 0 Å². The number of anilines is 1. The van der Waals surface area contributed by atoms with Crippen LogP contribution >= 0.6 is 0 Å². The Morgan fingerprint density at radius 1 is 1.08 bits per heavy atom. The zero-order valence-corrected chi connectivity index (χ0v) is 15.3. The number of aromatic nitrogens is 4. The maximum absolute atomic E-state index is 5.28. The van der Waals surface area contributed by atoms with Gasteiger partial charge in [0.05, 0.1) is 11.9 Å². The van der Waals surface area contributed by atoms with Crippen molar-refractivity contribution in [2.75, 3.05) is 5.32 Å². The monoisotopic (exact) mass is 347 g/mol. The number of hydrogen-bond donors (Lipinski definition) is 1. The minimum Gasteiger partial charge on any atom is -0.367 e. The summed E-state index contributed by atoms with van der Waals surface area (Å²) in [5, 5.41) is 7.54. The predicted octanol–water partition coefficient (Wildman–Crippen LogP) is 4.49. The van der Waals surface area contributed by atoms with Gasteiger partial charge in [-0.15, -0.1) is 0 Å². The van der Waals surface area contributed by atoms with Crippen molar-refractivity contribution in [2.24, 2.45) is 0 Å². The Labute approximate surface area is 151 Å². The molecule has 6 heteroatoms. The molecule has 4 aromatic rings. The van der Waals surface area contributed by atoms with Crippen molar-refractivity contribution in [1.82, 2.24) is 19.5 Å². The molecule has 0 aliphatic rings. The van der Waals surface area contributed by atoms with Gasteiger partial charge in [-0.3, -0.25) is 9.38 Å². The van der Waals surface area contributed by atoms with E-state index in [0.717, 1.165) is 45.3 Å². The third-order valence-electron chi connectivity index (χ3n) is 4.34. The molecular weight excluding hydrogens is 326 g/mol. The lowest BCUT2D eigenvalue weighted by Crippen LogP contribution is -2.12. The lowest BCUT2D eigenvalue weighted by molar-refractivity contribution is 0.393. The molecule has 26 heavy (non-hydrogen) atoms. The first-order valence-corrected chi connectivity index (χ1v) is 8.67. The highest BCUT2D eigenvalue weighted by molar-refractivity contribution is 5.78. The highest BCUT2D eigenvalue weighted by Crippen LogP contribution is 2.32. The first-order valence-electron chi connectivity index (χ1n) is 8.67. The van der Waals surface area contributed by atoms with E-state index in [-0.39, 0.29) is 0 Å². The van der Waals surface area contributed by atoms with Gasteiger partial charge in [0.2, 0.25) is 0 Å². The van der Waals surface area contributed by atoms with Gasteiger partial charge in [-0.05, 0) is 33.3 Å². The fraction of sp³-hybridized carbons (Fsp3) is 0.250. The number of aryl methyl sites for hydroxylation is 2. The van der Waals surface area contributed by atoms with Gasteiger partial charge in [-0.2, -0.15) is 0 Å². The second-order valence-electron chi connectivity index (χ2n) is 6.69. The van der Waals surface area contributed by atoms with Crippen LogP contribution in [0.3, 0.4) is 0 Å². The molecule has 6 nitrogen and oxygen atoms in total. The number of fused-ring (bicyclic) bond motifs is 1. The molecule has 0 saturated heterocycles. The smallest absolute Gasteiger partial charge is 0.157 e. The molecule has 0 unspecified atom stereocenters. The van der Waals surface area contributed by atoms with Crippen LogP contribution in [0.15, 0.2) is 47.4 Å². The summed E-state index contributed by atoms with van der Waals surface area (Å²) in [6, 6.07) is 8.64. The van der Waals surface area contributed by atoms with Crippen LogP contribution < -0.4 is 5.32 Å². The molecule has 0 amide bonds. The van der Waals surface area contributed by atoms with Crippen molar-refractivity contribution in [3.05, 3.63) is 54.3 Å². The molecule has 3 heterocycles. The Bertz CT molecular complexity index is 1040. The number of hydrogen-bond acceptors (Lipinski definition) is 5. The zero-order valence-electron chi connectivity index (χ0n) is 15.3. The zero-order chi connectivity index (χ0) is 18.3. The minimum absolute atomic E-state index is 0.295. The molecule has 0 spiro atoms. The first kappa shape index (κ1) is 16.3. The molecule has 0 fully saturated rings. The van der Waals surface area contributed by atoms with E-state index in [1.54, 1.807) is 12.4 Å². The van der Waals surface area contributed by atoms with Crippen LogP contribution in [0.4, 0.5) is 5.82 Å². The lowest BCUT2D eigenvalue weighted by atomic mass is 10.0. The molecule has 1 N–H and O–H groups in total. The van der Waals surface area contributed by atoms with Gasteiger partial charge in [-0.1, -0.05) is 29.4 Å². The van der Waals surface area contributed by atoms with Crippen LogP contribution in [-0.2, 0) is 0 Å². The number of benzene rings is 1. The highest BCUT2D eigenvalue weighted by atomic mass is 16.5. The van der Waals surface area contributed by atoms with E-state index in [1.807, 2.05) is 24.4 Å². The van der Waals surface area contributed by atoms with Crippen LogP contribution in [0, 0.1) is 13.8 Å². The van der Waals surface area contributed by atoms with Gasteiger partial charge < -0.3 is 9.84 Å². The largest absolute Gasteiger partial charge is 0.367 e. The fourth-order valence-electron chi connectivity index (χ4n) is 3.21. The molecule has 0 bridgehead atoms. The number of imidazole rings is 1. The van der Waals surface area contributed by atoms with Gasteiger partial charge in [0.25, 0.3) is 0 Å². The van der Waals surface area contributed by atoms with Gasteiger partial charge in [0, 0.05) is 29.6 Å². The highest BCUT2D eigenvalue weighted by Gasteiger charge is 2.16. The Morgan fingerprint density at radius 2 is 1.81 bits per heavy atom. The second-order valence-corrected chi connectivity index (χ2v) is 6.69. The molecule has 3 aromatic heterocycles. The Morgan fingerprint density at radius 3 is 2.46 bits per heavy atom. The standard InChI is InChI=1S/C20H21N5O/c1-12(2)22-20-19(23-17-11-21-9-10-25(17)20)16-7-5-15(6-8-16)18-13(3)24-26-14(18)4/h5-12,22H,1-4H3. The van der Waals surface area contributed by atoms with Crippen LogP contribution in [0.25, 0.3) is 28.0 Å². The van der Waals surface area contributed by atoms with Crippen molar-refractivity contribution in [3.63, 3.8) is 0 Å². The topological polar surface area (TPSA) is 68.2 Å². The average molecular weight is 347 g/mol. The number of nitrogens with zero attached hydrogens (tertiary/aromatic N) is 4. The first-order chi connectivity index (χ1) is 12.5. The average Bonchev–Trinajstić information content (AvgIpc) is 3.15. The predicted molar refractivity (Wildman–Crippen MR) is 102 cm³/mol. The summed E-state index contributed by atoms with van der Waals surface area (Å²) in [5.41, 5.74) is 5.83. The van der Waals surface area contributed by atoms with Crippen molar-refractivity contribution < 1.29 is 4.52 Å². The maximum Gasteiger partial charge on any atom is 0.157 e. The summed E-state index contributed by atoms with van der Waals surface area (Å²) in [6.45, 7) is 8.12. The summed E-state index contributed by atoms with van der Waals surface area (Å²) in [6.07, 6.45) is 5.46. The SMILES string of the molecule is Cc1noc(C)c1-c1ccc(-c2nc3cnccn3c2NC(C)C)cc1. The van der Waals surface area contributed by atoms with Crippen molar-refractivity contribution in [3.8, 4) is 22.4 Å².